The third kappa shape index (κ3) is 3.07. The number of hydrogen-bond acceptors (Lipinski definition) is 6. The van der Waals surface area contributed by atoms with E-state index in [1.54, 1.807) is 24.3 Å². The van der Waals surface area contributed by atoms with E-state index in [0.717, 1.165) is 11.3 Å². The molecule has 0 aliphatic rings. The van der Waals surface area contributed by atoms with Crippen LogP contribution in [0.5, 0.6) is 0 Å². The molecule has 6 nitrogen and oxygen atoms in total. The summed E-state index contributed by atoms with van der Waals surface area (Å²) in [6.07, 6.45) is 0. The molecule has 19 heavy (non-hydrogen) atoms. The number of ether oxygens (including phenoxy) is 1. The van der Waals surface area contributed by atoms with Crippen molar-refractivity contribution in [3.05, 3.63) is 39.3 Å². The minimum absolute atomic E-state index is 0.115. The number of benzene rings is 1. The number of amides is 1. The zero-order valence-corrected chi connectivity index (χ0v) is 11.3. The smallest absolute Gasteiger partial charge is 0.339 e. The molecular formula is C11H8ClN3O3S. The van der Waals surface area contributed by atoms with Gasteiger partial charge in [0.05, 0.1) is 18.4 Å². The van der Waals surface area contributed by atoms with E-state index in [9.17, 15) is 9.59 Å². The maximum Gasteiger partial charge on any atom is 0.339 e. The first-order chi connectivity index (χ1) is 9.11. The second-order valence-electron chi connectivity index (χ2n) is 3.35. The van der Waals surface area contributed by atoms with Gasteiger partial charge in [0, 0.05) is 0 Å². The van der Waals surface area contributed by atoms with E-state index in [4.69, 9.17) is 11.6 Å². The van der Waals surface area contributed by atoms with Crippen molar-refractivity contribution in [2.24, 2.45) is 0 Å². The molecule has 1 amide bonds. The van der Waals surface area contributed by atoms with E-state index >= 15 is 0 Å². The van der Waals surface area contributed by atoms with Crippen LogP contribution < -0.4 is 5.32 Å². The second-order valence-corrected chi connectivity index (χ2v) is 4.91. The summed E-state index contributed by atoms with van der Waals surface area (Å²) in [6.45, 7) is 0. The van der Waals surface area contributed by atoms with Gasteiger partial charge in [-0.2, -0.15) is 0 Å². The maximum atomic E-state index is 11.9. The Balaban J connectivity index is 2.24. The fourth-order valence-corrected chi connectivity index (χ4v) is 2.08. The molecular weight excluding hydrogens is 290 g/mol. The molecule has 0 atom stereocenters. The fraction of sp³-hybridized carbons (Fsp3) is 0.0909. The number of methoxy groups -OCH3 is 1. The minimum Gasteiger partial charge on any atom is -0.465 e. The first-order valence-electron chi connectivity index (χ1n) is 5.09. The monoisotopic (exact) mass is 297 g/mol. The number of nitrogens with zero attached hydrogens (tertiary/aromatic N) is 2. The first-order valence-corrected chi connectivity index (χ1v) is 6.29. The molecule has 1 N–H and O–H groups in total. The number of esters is 1. The summed E-state index contributed by atoms with van der Waals surface area (Å²) in [5.74, 6) is -1.02. The van der Waals surface area contributed by atoms with Gasteiger partial charge in [0.25, 0.3) is 5.91 Å². The van der Waals surface area contributed by atoms with Gasteiger partial charge < -0.3 is 10.1 Å². The standard InChI is InChI=1S/C11H8ClN3O3S/c1-18-10(17)6-4-2-3-5-7(6)13-8(16)9-14-15-11(12)19-9/h2-5H,1H3,(H,13,16). The molecule has 1 heterocycles. The lowest BCUT2D eigenvalue weighted by Gasteiger charge is -2.07. The normalized spacial score (nSPS) is 10.0. The highest BCUT2D eigenvalue weighted by atomic mass is 35.5. The Morgan fingerprint density at radius 1 is 1.32 bits per heavy atom. The van der Waals surface area contributed by atoms with E-state index in [0.29, 0.717) is 5.69 Å². The summed E-state index contributed by atoms with van der Waals surface area (Å²) in [6, 6.07) is 6.50. The number of rotatable bonds is 3. The predicted molar refractivity (Wildman–Crippen MR) is 70.7 cm³/mol. The Labute approximate surface area is 117 Å². The Kier molecular flexibility index (Phi) is 4.08. The number of nitrogens with one attached hydrogen (secondary N) is 1. The number of carbonyl (C=O) groups excluding carboxylic acids is 2. The molecule has 0 unspecified atom stereocenters. The van der Waals surface area contributed by atoms with E-state index < -0.39 is 11.9 Å². The van der Waals surface area contributed by atoms with Gasteiger partial charge in [-0.3, -0.25) is 4.79 Å². The molecule has 0 saturated heterocycles. The van der Waals surface area contributed by atoms with Gasteiger partial charge in [0.2, 0.25) is 9.47 Å². The van der Waals surface area contributed by atoms with Crippen LogP contribution in [0, 0.1) is 0 Å². The lowest BCUT2D eigenvalue weighted by molar-refractivity contribution is 0.0602. The molecule has 0 fully saturated rings. The van der Waals surface area contributed by atoms with Crippen LogP contribution in [0.2, 0.25) is 4.47 Å². The molecule has 0 aliphatic heterocycles. The second kappa shape index (κ2) is 5.77. The van der Waals surface area contributed by atoms with Crippen molar-refractivity contribution < 1.29 is 14.3 Å². The molecule has 8 heteroatoms. The van der Waals surface area contributed by atoms with Crippen molar-refractivity contribution >= 4 is 40.5 Å². The summed E-state index contributed by atoms with van der Waals surface area (Å²) in [7, 11) is 1.27. The number of aromatic nitrogens is 2. The zero-order chi connectivity index (χ0) is 13.8. The quantitative estimate of drug-likeness (QED) is 0.879. The highest BCUT2D eigenvalue weighted by molar-refractivity contribution is 7.17. The fourth-order valence-electron chi connectivity index (χ4n) is 1.35. The van der Waals surface area contributed by atoms with Crippen molar-refractivity contribution in [1.29, 1.82) is 0 Å². The number of halogens is 1. The minimum atomic E-state index is -0.536. The molecule has 0 aliphatic carbocycles. The number of anilines is 1. The molecule has 98 valence electrons. The summed E-state index contributed by atoms with van der Waals surface area (Å²) in [5, 5.41) is 9.83. The Morgan fingerprint density at radius 2 is 2.05 bits per heavy atom. The predicted octanol–water partition coefficient (Wildman–Crippen LogP) is 2.23. The van der Waals surface area contributed by atoms with Crippen LogP contribution >= 0.6 is 22.9 Å². The molecule has 2 aromatic rings. The molecule has 1 aromatic heterocycles. The van der Waals surface area contributed by atoms with E-state index in [2.05, 4.69) is 20.3 Å². The Bertz CT molecular complexity index is 629. The van der Waals surface area contributed by atoms with Gasteiger partial charge in [0.1, 0.15) is 0 Å². The molecule has 0 bridgehead atoms. The number of carbonyl (C=O) groups is 2. The molecule has 0 spiro atoms. The van der Waals surface area contributed by atoms with Gasteiger partial charge in [0.15, 0.2) is 0 Å². The van der Waals surface area contributed by atoms with Gasteiger partial charge in [-0.05, 0) is 23.7 Å². The van der Waals surface area contributed by atoms with Crippen molar-refractivity contribution in [1.82, 2.24) is 10.2 Å². The van der Waals surface area contributed by atoms with Crippen LogP contribution in [0.4, 0.5) is 5.69 Å². The topological polar surface area (TPSA) is 81.2 Å². The van der Waals surface area contributed by atoms with Crippen LogP contribution in [0.25, 0.3) is 0 Å². The lowest BCUT2D eigenvalue weighted by atomic mass is 10.2. The summed E-state index contributed by atoms with van der Waals surface area (Å²) in [5.41, 5.74) is 0.597. The van der Waals surface area contributed by atoms with Crippen LogP contribution in [0.3, 0.4) is 0 Å². The van der Waals surface area contributed by atoms with Crippen molar-refractivity contribution in [3.63, 3.8) is 0 Å². The maximum absolute atomic E-state index is 11.9. The Morgan fingerprint density at radius 3 is 2.68 bits per heavy atom. The van der Waals surface area contributed by atoms with Crippen LogP contribution in [0.1, 0.15) is 20.2 Å². The van der Waals surface area contributed by atoms with Gasteiger partial charge in [-0.1, -0.05) is 23.5 Å². The molecule has 2 rings (SSSR count). The largest absolute Gasteiger partial charge is 0.465 e. The van der Waals surface area contributed by atoms with Crippen molar-refractivity contribution in [2.75, 3.05) is 12.4 Å². The van der Waals surface area contributed by atoms with E-state index in [-0.39, 0.29) is 15.0 Å². The molecule has 0 radical (unpaired) electrons. The van der Waals surface area contributed by atoms with E-state index in [1.165, 1.54) is 7.11 Å². The third-order valence-corrected chi connectivity index (χ3v) is 3.19. The average Bonchev–Trinajstić information content (AvgIpc) is 2.85. The van der Waals surface area contributed by atoms with Gasteiger partial charge in [-0.25, -0.2) is 4.79 Å². The molecule has 0 saturated carbocycles. The number of hydrogen-bond donors (Lipinski definition) is 1. The third-order valence-electron chi connectivity index (χ3n) is 2.18. The number of para-hydroxylation sites is 1. The highest BCUT2D eigenvalue weighted by Crippen LogP contribution is 2.19. The first kappa shape index (κ1) is 13.4. The van der Waals surface area contributed by atoms with Crippen LogP contribution in [-0.2, 0) is 4.74 Å². The van der Waals surface area contributed by atoms with Gasteiger partial charge >= 0.3 is 5.97 Å². The molecule has 1 aromatic carbocycles. The Hall–Kier alpha value is -1.99. The van der Waals surface area contributed by atoms with Gasteiger partial charge in [-0.15, -0.1) is 10.2 Å². The average molecular weight is 298 g/mol. The summed E-state index contributed by atoms with van der Waals surface area (Å²) < 4.78 is 4.80. The summed E-state index contributed by atoms with van der Waals surface area (Å²) in [4.78, 5) is 23.4. The van der Waals surface area contributed by atoms with Crippen molar-refractivity contribution in [3.8, 4) is 0 Å². The summed E-state index contributed by atoms with van der Waals surface area (Å²) >= 11 is 6.55. The van der Waals surface area contributed by atoms with E-state index in [1.807, 2.05) is 0 Å². The SMILES string of the molecule is COC(=O)c1ccccc1NC(=O)c1nnc(Cl)s1. The highest BCUT2D eigenvalue weighted by Gasteiger charge is 2.16. The lowest BCUT2D eigenvalue weighted by Crippen LogP contribution is -2.15. The van der Waals surface area contributed by atoms with Crippen LogP contribution in [0.15, 0.2) is 24.3 Å². The van der Waals surface area contributed by atoms with Crippen molar-refractivity contribution in [2.45, 2.75) is 0 Å². The van der Waals surface area contributed by atoms with Crippen LogP contribution in [-0.4, -0.2) is 29.2 Å². The zero-order valence-electron chi connectivity index (χ0n) is 9.71.